The first-order chi connectivity index (χ1) is 9.11. The molecule has 0 amide bonds. The van der Waals surface area contributed by atoms with Gasteiger partial charge in [0.25, 0.3) is 0 Å². The highest BCUT2D eigenvalue weighted by Gasteiger charge is 2.10. The molecular weight excluding hydrogens is 260 g/mol. The number of benzene rings is 1. The molecule has 0 aliphatic rings. The van der Waals surface area contributed by atoms with Crippen molar-refractivity contribution in [3.63, 3.8) is 0 Å². The Bertz CT molecular complexity index is 561. The van der Waals surface area contributed by atoms with E-state index in [4.69, 9.17) is 22.1 Å². The highest BCUT2D eigenvalue weighted by molar-refractivity contribution is 6.30. The quantitative estimate of drug-likeness (QED) is 0.927. The van der Waals surface area contributed by atoms with E-state index in [2.05, 4.69) is 4.98 Å². The molecule has 0 unspecified atom stereocenters. The maximum Gasteiger partial charge on any atom is 0.222 e. The minimum Gasteiger partial charge on any atom is -0.438 e. The minimum atomic E-state index is 0.570. The normalized spacial score (nSPS) is 10.5. The van der Waals surface area contributed by atoms with E-state index in [1.807, 2.05) is 38.1 Å². The van der Waals surface area contributed by atoms with Gasteiger partial charge >= 0.3 is 0 Å². The van der Waals surface area contributed by atoms with Crippen molar-refractivity contribution in [3.8, 4) is 11.6 Å². The lowest BCUT2D eigenvalue weighted by Gasteiger charge is -2.13. The van der Waals surface area contributed by atoms with Gasteiger partial charge < -0.3 is 10.5 Å². The summed E-state index contributed by atoms with van der Waals surface area (Å²) in [6, 6.07) is 7.64. The molecule has 0 spiro atoms. The predicted octanol–water partition coefficient (Wildman–Crippen LogP) is 3.65. The van der Waals surface area contributed by atoms with Crippen LogP contribution in [0, 0.1) is 13.8 Å². The molecule has 1 aromatic heterocycles. The number of hydrogen-bond acceptors (Lipinski definition) is 3. The Morgan fingerprint density at radius 3 is 2.58 bits per heavy atom. The fraction of sp³-hybridized carbons (Fsp3) is 0.267. The van der Waals surface area contributed by atoms with Crippen LogP contribution in [0.2, 0.25) is 5.02 Å². The zero-order valence-electron chi connectivity index (χ0n) is 11.1. The molecule has 2 N–H and O–H groups in total. The van der Waals surface area contributed by atoms with Gasteiger partial charge in [0, 0.05) is 16.8 Å². The average Bonchev–Trinajstić information content (AvgIpc) is 2.36. The molecule has 2 aromatic rings. The van der Waals surface area contributed by atoms with Crippen molar-refractivity contribution in [3.05, 3.63) is 52.2 Å². The molecule has 19 heavy (non-hydrogen) atoms. The lowest BCUT2D eigenvalue weighted by molar-refractivity contribution is 0.449. The fourth-order valence-electron chi connectivity index (χ4n) is 2.02. The lowest BCUT2D eigenvalue weighted by Crippen LogP contribution is -2.05. The van der Waals surface area contributed by atoms with Gasteiger partial charge in [0.2, 0.25) is 5.88 Å². The Morgan fingerprint density at radius 1 is 1.26 bits per heavy atom. The number of aromatic nitrogens is 1. The molecule has 0 aliphatic carbocycles. The maximum absolute atomic E-state index is 6.02. The van der Waals surface area contributed by atoms with Crippen LogP contribution in [0.1, 0.15) is 16.7 Å². The van der Waals surface area contributed by atoms with Gasteiger partial charge in [-0.05, 0) is 56.1 Å². The van der Waals surface area contributed by atoms with E-state index in [1.165, 1.54) is 0 Å². The standard InChI is InChI=1S/C15H17ClN2O/c1-10-8-13(16)9-11(2)14(10)19-15-12(5-6-17)4-3-7-18-15/h3-4,7-9H,5-6,17H2,1-2H3. The maximum atomic E-state index is 6.02. The SMILES string of the molecule is Cc1cc(Cl)cc(C)c1Oc1ncccc1CCN. The molecular formula is C15H17ClN2O. The monoisotopic (exact) mass is 276 g/mol. The number of pyridine rings is 1. The van der Waals surface area contributed by atoms with Gasteiger partial charge in [-0.2, -0.15) is 0 Å². The zero-order valence-corrected chi connectivity index (χ0v) is 11.9. The van der Waals surface area contributed by atoms with E-state index in [0.29, 0.717) is 17.4 Å². The summed E-state index contributed by atoms with van der Waals surface area (Å²) in [5.41, 5.74) is 8.60. The molecule has 0 saturated heterocycles. The van der Waals surface area contributed by atoms with Crippen molar-refractivity contribution in [1.82, 2.24) is 4.98 Å². The highest BCUT2D eigenvalue weighted by atomic mass is 35.5. The summed E-state index contributed by atoms with van der Waals surface area (Å²) in [4.78, 5) is 4.29. The molecule has 0 saturated carbocycles. The summed E-state index contributed by atoms with van der Waals surface area (Å²) in [5.74, 6) is 1.42. The van der Waals surface area contributed by atoms with Crippen molar-refractivity contribution in [2.75, 3.05) is 6.54 Å². The fourth-order valence-corrected chi connectivity index (χ4v) is 2.34. The van der Waals surface area contributed by atoms with Gasteiger partial charge in [-0.1, -0.05) is 17.7 Å². The lowest BCUT2D eigenvalue weighted by atomic mass is 10.1. The van der Waals surface area contributed by atoms with E-state index in [9.17, 15) is 0 Å². The molecule has 0 bridgehead atoms. The van der Waals surface area contributed by atoms with Gasteiger partial charge in [-0.25, -0.2) is 4.98 Å². The first-order valence-electron chi connectivity index (χ1n) is 6.20. The number of hydrogen-bond donors (Lipinski definition) is 1. The summed E-state index contributed by atoms with van der Waals surface area (Å²) < 4.78 is 5.95. The van der Waals surface area contributed by atoms with Gasteiger partial charge in [-0.3, -0.25) is 0 Å². The van der Waals surface area contributed by atoms with Crippen LogP contribution >= 0.6 is 11.6 Å². The van der Waals surface area contributed by atoms with Crippen molar-refractivity contribution in [2.45, 2.75) is 20.3 Å². The second kappa shape index (κ2) is 6.04. The topological polar surface area (TPSA) is 48.1 Å². The van der Waals surface area contributed by atoms with Crippen molar-refractivity contribution in [1.29, 1.82) is 0 Å². The third-order valence-corrected chi connectivity index (χ3v) is 3.11. The average molecular weight is 277 g/mol. The van der Waals surface area contributed by atoms with Gasteiger partial charge in [0.1, 0.15) is 5.75 Å². The molecule has 0 radical (unpaired) electrons. The van der Waals surface area contributed by atoms with E-state index >= 15 is 0 Å². The second-order valence-electron chi connectivity index (χ2n) is 4.48. The number of rotatable bonds is 4. The van der Waals surface area contributed by atoms with Crippen LogP contribution in [-0.4, -0.2) is 11.5 Å². The molecule has 1 aromatic carbocycles. The van der Waals surface area contributed by atoms with Crippen LogP contribution in [0.15, 0.2) is 30.5 Å². The van der Waals surface area contributed by atoms with Gasteiger partial charge in [-0.15, -0.1) is 0 Å². The van der Waals surface area contributed by atoms with Crippen molar-refractivity contribution < 1.29 is 4.74 Å². The van der Waals surface area contributed by atoms with Gasteiger partial charge in [0.05, 0.1) is 0 Å². The number of aryl methyl sites for hydroxylation is 2. The molecule has 0 atom stereocenters. The van der Waals surface area contributed by atoms with E-state index < -0.39 is 0 Å². The number of ether oxygens (including phenoxy) is 1. The second-order valence-corrected chi connectivity index (χ2v) is 4.91. The summed E-state index contributed by atoms with van der Waals surface area (Å²) in [7, 11) is 0. The van der Waals surface area contributed by atoms with Crippen LogP contribution in [-0.2, 0) is 6.42 Å². The largest absolute Gasteiger partial charge is 0.438 e. The molecule has 2 rings (SSSR count). The van der Waals surface area contributed by atoms with Crippen LogP contribution < -0.4 is 10.5 Å². The Labute approximate surface area is 118 Å². The number of nitrogens with zero attached hydrogens (tertiary/aromatic N) is 1. The molecule has 100 valence electrons. The molecule has 1 heterocycles. The Kier molecular flexibility index (Phi) is 4.40. The molecule has 4 heteroatoms. The van der Waals surface area contributed by atoms with Crippen LogP contribution in [0.3, 0.4) is 0 Å². The third-order valence-electron chi connectivity index (χ3n) is 2.89. The summed E-state index contributed by atoms with van der Waals surface area (Å²) >= 11 is 6.02. The predicted molar refractivity (Wildman–Crippen MR) is 78.0 cm³/mol. The molecule has 0 fully saturated rings. The van der Waals surface area contributed by atoms with E-state index in [-0.39, 0.29) is 0 Å². The zero-order chi connectivity index (χ0) is 13.8. The summed E-state index contributed by atoms with van der Waals surface area (Å²) in [6.07, 6.45) is 2.46. The number of nitrogens with two attached hydrogens (primary N) is 1. The van der Waals surface area contributed by atoms with Gasteiger partial charge in [0.15, 0.2) is 0 Å². The Hall–Kier alpha value is -1.58. The summed E-state index contributed by atoms with van der Waals surface area (Å²) in [5, 5.41) is 0.713. The smallest absolute Gasteiger partial charge is 0.222 e. The summed E-state index contributed by atoms with van der Waals surface area (Å²) in [6.45, 7) is 4.51. The van der Waals surface area contributed by atoms with Crippen molar-refractivity contribution >= 4 is 11.6 Å². The minimum absolute atomic E-state index is 0.570. The number of halogens is 1. The van der Waals surface area contributed by atoms with E-state index in [1.54, 1.807) is 6.20 Å². The van der Waals surface area contributed by atoms with Crippen LogP contribution in [0.25, 0.3) is 0 Å². The highest BCUT2D eigenvalue weighted by Crippen LogP contribution is 2.31. The van der Waals surface area contributed by atoms with E-state index in [0.717, 1.165) is 28.9 Å². The van der Waals surface area contributed by atoms with Crippen LogP contribution in [0.4, 0.5) is 0 Å². The first kappa shape index (κ1) is 13.8. The molecule has 0 aliphatic heterocycles. The molecule has 3 nitrogen and oxygen atoms in total. The Balaban J connectivity index is 2.36. The van der Waals surface area contributed by atoms with Crippen molar-refractivity contribution in [2.24, 2.45) is 5.73 Å². The first-order valence-corrected chi connectivity index (χ1v) is 6.58. The van der Waals surface area contributed by atoms with Crippen LogP contribution in [0.5, 0.6) is 11.6 Å². The Morgan fingerprint density at radius 2 is 1.95 bits per heavy atom. The third kappa shape index (κ3) is 3.25.